The average molecular weight is 312 g/mol. The molecule has 0 amide bonds. The second-order valence-corrected chi connectivity index (χ2v) is 5.25. The van der Waals surface area contributed by atoms with Crippen LogP contribution in [0.4, 0.5) is 0 Å². The molecule has 0 bridgehead atoms. The molecule has 96 valence electrons. The van der Waals surface area contributed by atoms with E-state index in [-0.39, 0.29) is 82.5 Å². The van der Waals surface area contributed by atoms with Gasteiger partial charge in [-0.2, -0.15) is 0 Å². The summed E-state index contributed by atoms with van der Waals surface area (Å²) in [5.41, 5.74) is 0. The maximum Gasteiger partial charge on any atom is 1.00 e. The molecule has 0 fully saturated rings. The van der Waals surface area contributed by atoms with Gasteiger partial charge in [-0.25, -0.2) is 0 Å². The minimum atomic E-state index is -1.92. The van der Waals surface area contributed by atoms with Gasteiger partial charge in [0.2, 0.25) is 0 Å². The Morgan fingerprint density at radius 2 is 1.17 bits per heavy atom. The SMILES string of the molecule is C=C[C@@H](C)CS(=O)[O-].C=C[C@H](C)CS(=O)[O-].[Na+].[Na+]. The number of hydrogen-bond donors (Lipinski definition) is 0. The number of hydrogen-bond acceptors (Lipinski definition) is 4. The summed E-state index contributed by atoms with van der Waals surface area (Å²) in [7, 11) is 0. The van der Waals surface area contributed by atoms with Gasteiger partial charge in [0.15, 0.2) is 0 Å². The van der Waals surface area contributed by atoms with Crippen molar-refractivity contribution in [3.63, 3.8) is 0 Å². The maximum absolute atomic E-state index is 9.92. The zero-order valence-corrected chi connectivity index (χ0v) is 17.2. The molecule has 0 rings (SSSR count). The first-order chi connectivity index (χ1) is 7.33. The minimum absolute atomic E-state index is 0. The zero-order valence-electron chi connectivity index (χ0n) is 11.6. The fourth-order valence-electron chi connectivity index (χ4n) is 0.565. The molecule has 0 aromatic rings. The van der Waals surface area contributed by atoms with Crippen LogP contribution in [0, 0.1) is 11.8 Å². The molecular formula is C10H18Na2O4S2. The van der Waals surface area contributed by atoms with Crippen LogP contribution in [0.2, 0.25) is 0 Å². The van der Waals surface area contributed by atoms with Crippen LogP contribution in [0.1, 0.15) is 13.8 Å². The van der Waals surface area contributed by atoms with Crippen LogP contribution in [0.25, 0.3) is 0 Å². The molecule has 0 saturated heterocycles. The molecule has 0 heterocycles. The van der Waals surface area contributed by atoms with E-state index >= 15 is 0 Å². The van der Waals surface area contributed by atoms with Crippen LogP contribution in [0.3, 0.4) is 0 Å². The van der Waals surface area contributed by atoms with Crippen molar-refractivity contribution in [3.05, 3.63) is 25.3 Å². The molecule has 0 aliphatic heterocycles. The van der Waals surface area contributed by atoms with Crippen molar-refractivity contribution in [1.29, 1.82) is 0 Å². The number of allylic oxidation sites excluding steroid dienone is 2. The summed E-state index contributed by atoms with van der Waals surface area (Å²) in [6, 6.07) is 0. The molecule has 4 nitrogen and oxygen atoms in total. The average Bonchev–Trinajstić information content (AvgIpc) is 2.16. The van der Waals surface area contributed by atoms with Crippen molar-refractivity contribution in [2.24, 2.45) is 11.8 Å². The third-order valence-corrected chi connectivity index (χ3v) is 3.20. The monoisotopic (exact) mass is 312 g/mol. The Morgan fingerprint density at radius 3 is 1.22 bits per heavy atom. The van der Waals surface area contributed by atoms with Gasteiger partial charge < -0.3 is 9.11 Å². The normalized spacial score (nSPS) is 15.3. The molecule has 0 aliphatic rings. The van der Waals surface area contributed by atoms with Crippen LogP contribution >= 0.6 is 0 Å². The second kappa shape index (κ2) is 18.7. The van der Waals surface area contributed by atoms with Crippen LogP contribution in [0.5, 0.6) is 0 Å². The molecule has 0 N–H and O–H groups in total. The predicted octanol–water partition coefficient (Wildman–Crippen LogP) is -4.62. The summed E-state index contributed by atoms with van der Waals surface area (Å²) in [5, 5.41) is 0. The molecule has 0 saturated carbocycles. The van der Waals surface area contributed by atoms with Gasteiger partial charge in [0.1, 0.15) is 0 Å². The fourth-order valence-corrected chi connectivity index (χ4v) is 1.70. The van der Waals surface area contributed by atoms with E-state index in [4.69, 9.17) is 0 Å². The molecule has 0 aliphatic carbocycles. The zero-order chi connectivity index (χ0) is 13.1. The van der Waals surface area contributed by atoms with Crippen molar-refractivity contribution in [2.45, 2.75) is 13.8 Å². The van der Waals surface area contributed by atoms with E-state index in [0.29, 0.717) is 0 Å². The summed E-state index contributed by atoms with van der Waals surface area (Å²) in [6.07, 6.45) is 3.24. The van der Waals surface area contributed by atoms with Crippen LogP contribution in [-0.4, -0.2) is 29.0 Å². The van der Waals surface area contributed by atoms with Gasteiger partial charge in [0.05, 0.1) is 0 Å². The summed E-state index contributed by atoms with van der Waals surface area (Å²) in [4.78, 5) is 0. The van der Waals surface area contributed by atoms with Crippen molar-refractivity contribution < 1.29 is 76.6 Å². The van der Waals surface area contributed by atoms with Gasteiger partial charge in [-0.3, -0.25) is 8.42 Å². The van der Waals surface area contributed by atoms with E-state index in [1.165, 1.54) is 0 Å². The van der Waals surface area contributed by atoms with E-state index in [1.54, 1.807) is 12.2 Å². The standard InChI is InChI=1S/2C5H10O2S.2Na/c2*1-3-5(2)4-8(6)7;;/h2*3,5H,1,4H2,2H3,(H,6,7);;/q;;2*+1/p-2/t2*5-;;/m10../s1. The summed E-state index contributed by atoms with van der Waals surface area (Å²) >= 11 is -3.83. The maximum atomic E-state index is 9.92. The van der Waals surface area contributed by atoms with Gasteiger partial charge in [0, 0.05) is 11.5 Å². The van der Waals surface area contributed by atoms with Crippen molar-refractivity contribution >= 4 is 22.2 Å². The quantitative estimate of drug-likeness (QED) is 0.281. The van der Waals surface area contributed by atoms with E-state index in [0.717, 1.165) is 0 Å². The Balaban J connectivity index is -0.0000000980. The Kier molecular flexibility index (Phi) is 29.0. The minimum Gasteiger partial charge on any atom is -0.772 e. The molecule has 2 unspecified atom stereocenters. The molecule has 0 radical (unpaired) electrons. The van der Waals surface area contributed by atoms with Gasteiger partial charge in [-0.1, -0.05) is 48.2 Å². The fraction of sp³-hybridized carbons (Fsp3) is 0.600. The predicted molar refractivity (Wildman–Crippen MR) is 66.3 cm³/mol. The van der Waals surface area contributed by atoms with Crippen molar-refractivity contribution in [3.8, 4) is 0 Å². The molecule has 0 aromatic heterocycles. The first kappa shape index (κ1) is 27.9. The Bertz CT molecular complexity index is 236. The van der Waals surface area contributed by atoms with E-state index in [9.17, 15) is 17.5 Å². The van der Waals surface area contributed by atoms with E-state index < -0.39 is 22.2 Å². The summed E-state index contributed by atoms with van der Waals surface area (Å²) in [6.45, 7) is 10.5. The molecule has 8 heteroatoms. The third-order valence-electron chi connectivity index (χ3n) is 1.60. The van der Waals surface area contributed by atoms with Crippen LogP contribution in [0.15, 0.2) is 25.3 Å². The van der Waals surface area contributed by atoms with Gasteiger partial charge in [-0.15, -0.1) is 13.2 Å². The van der Waals surface area contributed by atoms with Crippen molar-refractivity contribution in [2.75, 3.05) is 11.5 Å². The van der Waals surface area contributed by atoms with Crippen molar-refractivity contribution in [1.82, 2.24) is 0 Å². The molecule has 4 atom stereocenters. The summed E-state index contributed by atoms with van der Waals surface area (Å²) < 4.78 is 39.7. The topological polar surface area (TPSA) is 80.3 Å². The van der Waals surface area contributed by atoms with Gasteiger partial charge >= 0.3 is 59.1 Å². The number of rotatable bonds is 6. The first-order valence-corrected chi connectivity index (χ1v) is 7.19. The summed E-state index contributed by atoms with van der Waals surface area (Å²) in [5.74, 6) is 0.522. The van der Waals surface area contributed by atoms with Gasteiger partial charge in [0.25, 0.3) is 0 Å². The third kappa shape index (κ3) is 26.3. The van der Waals surface area contributed by atoms with E-state index in [2.05, 4.69) is 13.2 Å². The molecule has 18 heavy (non-hydrogen) atoms. The largest absolute Gasteiger partial charge is 1.00 e. The molecule has 0 spiro atoms. The smallest absolute Gasteiger partial charge is 0.772 e. The Labute approximate surface area is 159 Å². The first-order valence-electron chi connectivity index (χ1n) is 4.70. The molecular weight excluding hydrogens is 294 g/mol. The van der Waals surface area contributed by atoms with E-state index in [1.807, 2.05) is 13.8 Å². The second-order valence-electron chi connectivity index (χ2n) is 3.37. The van der Waals surface area contributed by atoms with Crippen LogP contribution < -0.4 is 59.1 Å². The Morgan fingerprint density at radius 1 is 0.944 bits per heavy atom. The van der Waals surface area contributed by atoms with Crippen LogP contribution in [-0.2, 0) is 22.2 Å². The van der Waals surface area contributed by atoms with Gasteiger partial charge in [-0.05, 0) is 11.8 Å². The molecule has 0 aromatic carbocycles. The Hall–Kier alpha value is 1.70.